The van der Waals surface area contributed by atoms with E-state index >= 15 is 0 Å². The van der Waals surface area contributed by atoms with Gasteiger partial charge in [0.15, 0.2) is 0 Å². The number of hydrogen-bond donors (Lipinski definition) is 0. The molecule has 0 radical (unpaired) electrons. The van der Waals surface area contributed by atoms with Crippen molar-refractivity contribution in [2.75, 3.05) is 39.4 Å². The van der Waals surface area contributed by atoms with Crippen molar-refractivity contribution in [1.82, 2.24) is 9.80 Å². The number of piperazine rings is 1. The number of para-hydroxylation sites is 3. The largest absolute Gasteiger partial charge is 0.490 e. The van der Waals surface area contributed by atoms with Gasteiger partial charge in [0.1, 0.15) is 30.5 Å². The highest BCUT2D eigenvalue weighted by molar-refractivity contribution is 5.98. The second kappa shape index (κ2) is 12.0. The van der Waals surface area contributed by atoms with Gasteiger partial charge in [-0.15, -0.1) is 0 Å². The molecule has 1 heterocycles. The number of benzene rings is 3. The van der Waals surface area contributed by atoms with Gasteiger partial charge in [0.25, 0.3) is 11.8 Å². The topological polar surface area (TPSA) is 68.3 Å². The number of halogens is 2. The van der Waals surface area contributed by atoms with Crippen LogP contribution in [0.4, 0.5) is 8.78 Å². The number of carbonyl (C=O) groups excluding carboxylic acids is 2. The van der Waals surface area contributed by atoms with Gasteiger partial charge in [-0.1, -0.05) is 42.5 Å². The van der Waals surface area contributed by atoms with E-state index in [9.17, 15) is 18.4 Å². The van der Waals surface area contributed by atoms with Crippen LogP contribution in [0.25, 0.3) is 0 Å². The third-order valence-corrected chi connectivity index (χ3v) is 5.66. The Morgan fingerprint density at radius 3 is 1.72 bits per heavy atom. The first-order chi connectivity index (χ1) is 17.5. The van der Waals surface area contributed by atoms with Crippen LogP contribution >= 0.6 is 0 Å². The van der Waals surface area contributed by atoms with Gasteiger partial charge < -0.3 is 24.0 Å². The zero-order valence-corrected chi connectivity index (χ0v) is 19.5. The minimum atomic E-state index is -3.03. The Hall–Kier alpha value is -4.14. The molecule has 188 valence electrons. The van der Waals surface area contributed by atoms with Crippen molar-refractivity contribution >= 4 is 11.8 Å². The van der Waals surface area contributed by atoms with E-state index in [4.69, 9.17) is 9.47 Å². The minimum Gasteiger partial charge on any atom is -0.490 e. The molecular weight excluding hydrogens is 470 g/mol. The predicted octanol–water partition coefficient (Wildman–Crippen LogP) is 4.34. The highest BCUT2D eigenvalue weighted by atomic mass is 19.3. The summed E-state index contributed by atoms with van der Waals surface area (Å²) < 4.78 is 41.4. The number of alkyl halides is 2. The summed E-state index contributed by atoms with van der Waals surface area (Å²) in [5.74, 6) is 0.402. The summed E-state index contributed by atoms with van der Waals surface area (Å²) in [5, 5.41) is 0. The maximum absolute atomic E-state index is 13.2. The Morgan fingerprint density at radius 1 is 0.667 bits per heavy atom. The third kappa shape index (κ3) is 6.29. The van der Waals surface area contributed by atoms with Crippen LogP contribution < -0.4 is 14.2 Å². The van der Waals surface area contributed by atoms with Gasteiger partial charge in [0.2, 0.25) is 0 Å². The lowest BCUT2D eigenvalue weighted by atomic mass is 10.1. The quantitative estimate of drug-likeness (QED) is 0.412. The molecule has 3 aromatic carbocycles. The number of amides is 2. The van der Waals surface area contributed by atoms with E-state index in [1.165, 1.54) is 23.1 Å². The van der Waals surface area contributed by atoms with Crippen LogP contribution in [0.5, 0.6) is 17.2 Å². The maximum Gasteiger partial charge on any atom is 0.387 e. The van der Waals surface area contributed by atoms with Gasteiger partial charge in [-0.3, -0.25) is 9.59 Å². The van der Waals surface area contributed by atoms with Crippen molar-refractivity contribution < 1.29 is 32.6 Å². The van der Waals surface area contributed by atoms with Gasteiger partial charge in [-0.2, -0.15) is 8.78 Å². The lowest BCUT2D eigenvalue weighted by Gasteiger charge is -2.35. The smallest absolute Gasteiger partial charge is 0.387 e. The van der Waals surface area contributed by atoms with Crippen molar-refractivity contribution in [3.63, 3.8) is 0 Å². The second-order valence-corrected chi connectivity index (χ2v) is 7.97. The summed E-state index contributed by atoms with van der Waals surface area (Å²) in [5.41, 5.74) is 0.488. The molecule has 3 aromatic rings. The Bertz CT molecular complexity index is 1170. The average molecular weight is 497 g/mol. The number of ether oxygens (including phenoxy) is 3. The number of hydrogen-bond acceptors (Lipinski definition) is 5. The average Bonchev–Trinajstić information content (AvgIpc) is 2.91. The lowest BCUT2D eigenvalue weighted by molar-refractivity contribution is -0.0503. The molecule has 1 saturated heterocycles. The monoisotopic (exact) mass is 496 g/mol. The van der Waals surface area contributed by atoms with Crippen molar-refractivity contribution in [3.05, 3.63) is 90.0 Å². The van der Waals surface area contributed by atoms with Crippen LogP contribution in [0.2, 0.25) is 0 Å². The van der Waals surface area contributed by atoms with Crippen molar-refractivity contribution in [2.24, 2.45) is 0 Å². The van der Waals surface area contributed by atoms with Gasteiger partial charge in [0, 0.05) is 26.2 Å². The van der Waals surface area contributed by atoms with Crippen molar-refractivity contribution in [2.45, 2.75) is 6.61 Å². The Balaban J connectivity index is 1.33. The molecule has 0 bridgehead atoms. The molecule has 0 aliphatic carbocycles. The summed E-state index contributed by atoms with van der Waals surface area (Å²) in [6.07, 6.45) is 0. The molecular formula is C27H26F2N2O5. The van der Waals surface area contributed by atoms with Crippen LogP contribution in [0.3, 0.4) is 0 Å². The standard InChI is InChI=1S/C27H26F2N2O5/c28-27(29)36-24-13-7-5-11-22(24)26(33)31-16-14-30(15-17-31)25(32)21-10-4-6-12-23(21)35-19-18-34-20-8-2-1-3-9-20/h1-13,27H,14-19H2. The lowest BCUT2D eigenvalue weighted by Crippen LogP contribution is -2.50. The number of carbonyl (C=O) groups is 2. The molecule has 1 fully saturated rings. The van der Waals surface area contributed by atoms with E-state index in [0.29, 0.717) is 31.0 Å². The molecule has 2 amide bonds. The van der Waals surface area contributed by atoms with Crippen LogP contribution in [-0.4, -0.2) is 67.6 Å². The normalized spacial score (nSPS) is 13.4. The van der Waals surface area contributed by atoms with E-state index in [1.54, 1.807) is 35.2 Å². The summed E-state index contributed by atoms with van der Waals surface area (Å²) in [7, 11) is 0. The SMILES string of the molecule is O=C(c1ccccc1OCCOc1ccccc1)N1CCN(C(=O)c2ccccc2OC(F)F)CC1. The summed E-state index contributed by atoms with van der Waals surface area (Å²) in [6, 6.07) is 22.3. The molecule has 1 aliphatic heterocycles. The highest BCUT2D eigenvalue weighted by Gasteiger charge is 2.28. The van der Waals surface area contributed by atoms with Crippen molar-refractivity contribution in [1.29, 1.82) is 0 Å². The first kappa shape index (κ1) is 25.0. The molecule has 0 saturated carbocycles. The zero-order chi connectivity index (χ0) is 25.3. The fourth-order valence-corrected chi connectivity index (χ4v) is 3.89. The van der Waals surface area contributed by atoms with E-state index < -0.39 is 12.5 Å². The van der Waals surface area contributed by atoms with Crippen LogP contribution in [-0.2, 0) is 0 Å². The molecule has 0 aromatic heterocycles. The van der Waals surface area contributed by atoms with Crippen LogP contribution in [0, 0.1) is 0 Å². The maximum atomic E-state index is 13.2. The molecule has 0 spiro atoms. The molecule has 36 heavy (non-hydrogen) atoms. The van der Waals surface area contributed by atoms with E-state index in [1.807, 2.05) is 30.3 Å². The molecule has 0 atom stereocenters. The number of nitrogens with zero attached hydrogens (tertiary/aromatic N) is 2. The highest BCUT2D eigenvalue weighted by Crippen LogP contribution is 2.24. The first-order valence-corrected chi connectivity index (χ1v) is 11.5. The first-order valence-electron chi connectivity index (χ1n) is 11.5. The molecule has 0 unspecified atom stereocenters. The number of rotatable bonds is 9. The Labute approximate surface area is 207 Å². The summed E-state index contributed by atoms with van der Waals surface area (Å²) in [6.45, 7) is -1.31. The molecule has 4 rings (SSSR count). The van der Waals surface area contributed by atoms with Crippen LogP contribution in [0.15, 0.2) is 78.9 Å². The summed E-state index contributed by atoms with van der Waals surface area (Å²) in [4.78, 5) is 29.3. The van der Waals surface area contributed by atoms with Crippen LogP contribution in [0.1, 0.15) is 20.7 Å². The third-order valence-electron chi connectivity index (χ3n) is 5.66. The van der Waals surface area contributed by atoms with E-state index in [0.717, 1.165) is 5.75 Å². The van der Waals surface area contributed by atoms with Gasteiger partial charge >= 0.3 is 6.61 Å². The Morgan fingerprint density at radius 2 is 1.14 bits per heavy atom. The minimum absolute atomic E-state index is 0.0639. The van der Waals surface area contributed by atoms with Gasteiger partial charge in [0.05, 0.1) is 11.1 Å². The fraction of sp³-hybridized carbons (Fsp3) is 0.259. The molecule has 9 heteroatoms. The van der Waals surface area contributed by atoms with E-state index in [-0.39, 0.29) is 36.9 Å². The van der Waals surface area contributed by atoms with Gasteiger partial charge in [-0.05, 0) is 36.4 Å². The summed E-state index contributed by atoms with van der Waals surface area (Å²) >= 11 is 0. The second-order valence-electron chi connectivity index (χ2n) is 7.97. The molecule has 0 N–H and O–H groups in total. The van der Waals surface area contributed by atoms with Gasteiger partial charge in [-0.25, -0.2) is 0 Å². The van der Waals surface area contributed by atoms with E-state index in [2.05, 4.69) is 4.74 Å². The Kier molecular flexibility index (Phi) is 8.33. The predicted molar refractivity (Wildman–Crippen MR) is 129 cm³/mol. The zero-order valence-electron chi connectivity index (χ0n) is 19.5. The van der Waals surface area contributed by atoms with Crippen molar-refractivity contribution in [3.8, 4) is 17.2 Å². The molecule has 7 nitrogen and oxygen atoms in total. The fourth-order valence-electron chi connectivity index (χ4n) is 3.89. The molecule has 1 aliphatic rings.